The predicted molar refractivity (Wildman–Crippen MR) is 52.0 cm³/mol. The first-order chi connectivity index (χ1) is 6.45. The van der Waals surface area contributed by atoms with Gasteiger partial charge < -0.3 is 4.74 Å². The van der Waals surface area contributed by atoms with Crippen LogP contribution in [-0.4, -0.2) is 6.10 Å². The molecule has 1 heteroatoms. The topological polar surface area (TPSA) is 9.23 Å². The zero-order valence-electron chi connectivity index (χ0n) is 7.44. The molecule has 2 atom stereocenters. The van der Waals surface area contributed by atoms with Crippen molar-refractivity contribution in [3.05, 3.63) is 42.0 Å². The van der Waals surface area contributed by atoms with Gasteiger partial charge >= 0.3 is 0 Å². The number of hydrogen-bond donors (Lipinski definition) is 0. The Morgan fingerprint density at radius 1 is 1.23 bits per heavy atom. The van der Waals surface area contributed by atoms with Gasteiger partial charge in [-0.2, -0.15) is 0 Å². The molecule has 0 radical (unpaired) electrons. The molecule has 1 heterocycles. The molecule has 1 aromatic carbocycles. The summed E-state index contributed by atoms with van der Waals surface area (Å²) in [5, 5.41) is 0. The average molecular weight is 172 g/mol. The third kappa shape index (κ3) is 0.998. The molecule has 1 aliphatic heterocycles. The Hall–Kier alpha value is -1.24. The second-order valence-corrected chi connectivity index (χ2v) is 3.73. The number of fused-ring (bicyclic) bond motifs is 3. The molecular formula is C12H12O. The van der Waals surface area contributed by atoms with Crippen molar-refractivity contribution >= 4 is 0 Å². The average Bonchev–Trinajstić information content (AvgIpc) is 2.56. The highest BCUT2D eigenvalue weighted by Crippen LogP contribution is 2.42. The van der Waals surface area contributed by atoms with Gasteiger partial charge in [-0.05, 0) is 18.9 Å². The van der Waals surface area contributed by atoms with Crippen molar-refractivity contribution in [1.29, 1.82) is 0 Å². The molecule has 66 valence electrons. The van der Waals surface area contributed by atoms with Gasteiger partial charge in [0.15, 0.2) is 0 Å². The van der Waals surface area contributed by atoms with Gasteiger partial charge in [-0.3, -0.25) is 0 Å². The first-order valence-corrected chi connectivity index (χ1v) is 4.87. The highest BCUT2D eigenvalue weighted by molar-refractivity contribution is 5.44. The van der Waals surface area contributed by atoms with Crippen molar-refractivity contribution in [2.24, 2.45) is 0 Å². The molecule has 0 aromatic heterocycles. The summed E-state index contributed by atoms with van der Waals surface area (Å²) in [5.41, 5.74) is 1.36. The maximum absolute atomic E-state index is 5.86. The Bertz CT molecular complexity index is 354. The van der Waals surface area contributed by atoms with Gasteiger partial charge in [0, 0.05) is 11.5 Å². The second kappa shape index (κ2) is 2.63. The van der Waals surface area contributed by atoms with Crippen LogP contribution in [0.4, 0.5) is 0 Å². The quantitative estimate of drug-likeness (QED) is 0.547. The molecule has 0 fully saturated rings. The van der Waals surface area contributed by atoms with Crippen LogP contribution in [0.2, 0.25) is 0 Å². The maximum atomic E-state index is 5.86. The van der Waals surface area contributed by atoms with Crippen molar-refractivity contribution < 1.29 is 4.74 Å². The standard InChI is InChI=1S/C12H12O/c1-3-7-11-9(5-1)10-6-2-4-8-12(10)13-11/h1-3,5-7,10,12H,4,8H2/t10-,12+/m1/s1. The second-order valence-electron chi connectivity index (χ2n) is 3.73. The lowest BCUT2D eigenvalue weighted by atomic mass is 9.89. The molecule has 0 unspecified atom stereocenters. The van der Waals surface area contributed by atoms with Gasteiger partial charge in [0.2, 0.25) is 0 Å². The third-order valence-electron chi connectivity index (χ3n) is 2.92. The molecule has 0 saturated heterocycles. The molecule has 13 heavy (non-hydrogen) atoms. The predicted octanol–water partition coefficient (Wildman–Crippen LogP) is 2.88. The van der Waals surface area contributed by atoms with E-state index in [4.69, 9.17) is 4.74 Å². The fraction of sp³-hybridized carbons (Fsp3) is 0.333. The summed E-state index contributed by atoms with van der Waals surface area (Å²) in [6.45, 7) is 0. The smallest absolute Gasteiger partial charge is 0.123 e. The minimum Gasteiger partial charge on any atom is -0.489 e. The minimum atomic E-state index is 0.405. The van der Waals surface area contributed by atoms with Crippen molar-refractivity contribution in [1.82, 2.24) is 0 Å². The van der Waals surface area contributed by atoms with E-state index in [0.717, 1.165) is 18.6 Å². The van der Waals surface area contributed by atoms with Gasteiger partial charge in [-0.1, -0.05) is 30.4 Å². The van der Waals surface area contributed by atoms with Crippen LogP contribution >= 0.6 is 0 Å². The van der Waals surface area contributed by atoms with Gasteiger partial charge in [0.25, 0.3) is 0 Å². The van der Waals surface area contributed by atoms with Gasteiger partial charge in [0.1, 0.15) is 11.9 Å². The van der Waals surface area contributed by atoms with E-state index in [-0.39, 0.29) is 0 Å². The fourth-order valence-electron chi connectivity index (χ4n) is 2.27. The SMILES string of the molecule is C1=C[C@@H]2c3ccccc3O[C@H]2CC1. The number of allylic oxidation sites excluding steroid dienone is 1. The molecular weight excluding hydrogens is 160 g/mol. The lowest BCUT2D eigenvalue weighted by molar-refractivity contribution is 0.204. The molecule has 0 N–H and O–H groups in total. The molecule has 0 spiro atoms. The van der Waals surface area contributed by atoms with Crippen LogP contribution in [0.1, 0.15) is 24.3 Å². The van der Waals surface area contributed by atoms with Crippen molar-refractivity contribution in [2.45, 2.75) is 24.9 Å². The summed E-state index contributed by atoms with van der Waals surface area (Å²) in [6.07, 6.45) is 7.29. The molecule has 2 aliphatic rings. The summed E-state index contributed by atoms with van der Waals surface area (Å²) in [4.78, 5) is 0. The fourth-order valence-corrected chi connectivity index (χ4v) is 2.27. The summed E-state index contributed by atoms with van der Waals surface area (Å²) in [6, 6.07) is 8.38. The van der Waals surface area contributed by atoms with Crippen LogP contribution in [0.3, 0.4) is 0 Å². The van der Waals surface area contributed by atoms with E-state index >= 15 is 0 Å². The number of para-hydroxylation sites is 1. The van der Waals surface area contributed by atoms with Crippen LogP contribution < -0.4 is 4.74 Å². The molecule has 0 saturated carbocycles. The number of hydrogen-bond acceptors (Lipinski definition) is 1. The molecule has 0 bridgehead atoms. The summed E-state index contributed by atoms with van der Waals surface area (Å²) >= 11 is 0. The van der Waals surface area contributed by atoms with Gasteiger partial charge in [-0.15, -0.1) is 0 Å². The molecule has 0 amide bonds. The first kappa shape index (κ1) is 7.19. The van der Waals surface area contributed by atoms with E-state index in [2.05, 4.69) is 30.4 Å². The Morgan fingerprint density at radius 3 is 3.15 bits per heavy atom. The van der Waals surface area contributed by atoms with Crippen molar-refractivity contribution in [3.63, 3.8) is 0 Å². The van der Waals surface area contributed by atoms with Gasteiger partial charge in [-0.25, -0.2) is 0 Å². The lowest BCUT2D eigenvalue weighted by Gasteiger charge is -2.18. The zero-order chi connectivity index (χ0) is 8.67. The van der Waals surface area contributed by atoms with E-state index in [9.17, 15) is 0 Å². The minimum absolute atomic E-state index is 0.405. The maximum Gasteiger partial charge on any atom is 0.123 e. The van der Waals surface area contributed by atoms with Crippen molar-refractivity contribution in [2.75, 3.05) is 0 Å². The van der Waals surface area contributed by atoms with E-state index in [1.807, 2.05) is 6.07 Å². The first-order valence-electron chi connectivity index (χ1n) is 4.87. The summed E-state index contributed by atoms with van der Waals surface area (Å²) in [7, 11) is 0. The van der Waals surface area contributed by atoms with E-state index < -0.39 is 0 Å². The van der Waals surface area contributed by atoms with Crippen LogP contribution in [-0.2, 0) is 0 Å². The summed E-state index contributed by atoms with van der Waals surface area (Å²) < 4.78 is 5.86. The van der Waals surface area contributed by atoms with Crippen LogP contribution in [0.15, 0.2) is 36.4 Å². The summed E-state index contributed by atoms with van der Waals surface area (Å²) in [5.74, 6) is 1.61. The Balaban J connectivity index is 2.09. The van der Waals surface area contributed by atoms with E-state index in [1.54, 1.807) is 0 Å². The number of rotatable bonds is 0. The largest absolute Gasteiger partial charge is 0.489 e. The normalized spacial score (nSPS) is 29.2. The number of ether oxygens (including phenoxy) is 1. The third-order valence-corrected chi connectivity index (χ3v) is 2.92. The van der Waals surface area contributed by atoms with E-state index in [0.29, 0.717) is 12.0 Å². The Morgan fingerprint density at radius 2 is 2.15 bits per heavy atom. The van der Waals surface area contributed by atoms with E-state index in [1.165, 1.54) is 5.56 Å². The number of benzene rings is 1. The molecule has 1 aliphatic carbocycles. The zero-order valence-corrected chi connectivity index (χ0v) is 7.44. The highest BCUT2D eigenvalue weighted by atomic mass is 16.5. The molecule has 1 aromatic rings. The van der Waals surface area contributed by atoms with Gasteiger partial charge in [0.05, 0.1) is 0 Å². The van der Waals surface area contributed by atoms with Crippen LogP contribution in [0.5, 0.6) is 5.75 Å². The molecule has 1 nitrogen and oxygen atoms in total. The molecule has 3 rings (SSSR count). The van der Waals surface area contributed by atoms with Crippen molar-refractivity contribution in [3.8, 4) is 5.75 Å². The monoisotopic (exact) mass is 172 g/mol. The Kier molecular flexibility index (Phi) is 1.45. The van der Waals surface area contributed by atoms with Crippen LogP contribution in [0.25, 0.3) is 0 Å². The van der Waals surface area contributed by atoms with Crippen LogP contribution in [0, 0.1) is 0 Å². The lowest BCUT2D eigenvalue weighted by Crippen LogP contribution is -2.19. The Labute approximate surface area is 78.0 Å². The highest BCUT2D eigenvalue weighted by Gasteiger charge is 2.32.